The largest absolute Gasteiger partial charge is 0.462 e. The third kappa shape index (κ3) is 5.73. The third-order valence-electron chi connectivity index (χ3n) is 6.32. The van der Waals surface area contributed by atoms with Crippen molar-refractivity contribution in [1.29, 1.82) is 0 Å². The van der Waals surface area contributed by atoms with Crippen LogP contribution < -0.4 is 0 Å². The van der Waals surface area contributed by atoms with Gasteiger partial charge in [0.2, 0.25) is 0 Å². The summed E-state index contributed by atoms with van der Waals surface area (Å²) in [6.45, 7) is 5.69. The maximum atomic E-state index is 13.7. The molecule has 2 aromatic carbocycles. The van der Waals surface area contributed by atoms with E-state index >= 15 is 0 Å². The number of hydrogen-bond acceptors (Lipinski definition) is 8. The number of rotatable bonds is 6. The first-order valence-electron chi connectivity index (χ1n) is 12.3. The molecular formula is C27H26ClN5O6. The van der Waals surface area contributed by atoms with Crippen molar-refractivity contribution in [3.63, 3.8) is 0 Å². The van der Waals surface area contributed by atoms with Gasteiger partial charge in [0.15, 0.2) is 0 Å². The number of aryl methyl sites for hydroxylation is 1. The number of amides is 2. The average Bonchev–Trinajstić information content (AvgIpc) is 2.92. The molecule has 0 radical (unpaired) electrons. The highest BCUT2D eigenvalue weighted by Gasteiger charge is 2.35. The highest BCUT2D eigenvalue weighted by Crippen LogP contribution is 2.28. The second-order valence-corrected chi connectivity index (χ2v) is 9.36. The Morgan fingerprint density at radius 3 is 2.46 bits per heavy atom. The first kappa shape index (κ1) is 27.6. The van der Waals surface area contributed by atoms with Gasteiger partial charge in [-0.1, -0.05) is 41.9 Å². The molecule has 0 N–H and O–H groups in total. The summed E-state index contributed by atoms with van der Waals surface area (Å²) in [4.78, 5) is 62.4. The number of carbonyl (C=O) groups excluding carboxylic acids is 3. The zero-order valence-corrected chi connectivity index (χ0v) is 22.3. The van der Waals surface area contributed by atoms with Crippen LogP contribution in [0, 0.1) is 17.0 Å². The van der Waals surface area contributed by atoms with Gasteiger partial charge in [0.05, 0.1) is 17.2 Å². The summed E-state index contributed by atoms with van der Waals surface area (Å²) in [6.07, 6.45) is 0. The Labute approximate surface area is 229 Å². The van der Waals surface area contributed by atoms with Crippen LogP contribution in [0.3, 0.4) is 0 Å². The van der Waals surface area contributed by atoms with Crippen molar-refractivity contribution in [3.8, 4) is 11.3 Å². The standard InChI is InChI=1S/C27H26ClN5O6/c1-4-39-27(36)22-23(18-8-6-5-7-9-18)29-17(3)30-24(22)26(35)31-12-13-32(16(2)15-31)25(34)19-10-11-20(28)21(14-19)33(37)38/h5-11,14,16H,4,12-13,15H2,1-3H3. The van der Waals surface area contributed by atoms with Crippen LogP contribution in [-0.2, 0) is 4.74 Å². The van der Waals surface area contributed by atoms with Crippen molar-refractivity contribution >= 4 is 35.1 Å². The number of esters is 1. The molecule has 11 nitrogen and oxygen atoms in total. The molecule has 4 rings (SSSR count). The van der Waals surface area contributed by atoms with Crippen LogP contribution in [0.15, 0.2) is 48.5 Å². The lowest BCUT2D eigenvalue weighted by Crippen LogP contribution is -2.55. The minimum atomic E-state index is -0.703. The fourth-order valence-electron chi connectivity index (χ4n) is 4.47. The Bertz CT molecular complexity index is 1450. The van der Waals surface area contributed by atoms with Crippen molar-refractivity contribution in [3.05, 3.63) is 86.3 Å². The molecule has 12 heteroatoms. The molecule has 202 valence electrons. The van der Waals surface area contributed by atoms with Gasteiger partial charge in [-0.25, -0.2) is 14.8 Å². The van der Waals surface area contributed by atoms with Gasteiger partial charge in [0.1, 0.15) is 22.1 Å². The van der Waals surface area contributed by atoms with Crippen LogP contribution in [0.1, 0.15) is 50.9 Å². The van der Waals surface area contributed by atoms with Gasteiger partial charge in [-0.3, -0.25) is 19.7 Å². The minimum Gasteiger partial charge on any atom is -0.462 e. The van der Waals surface area contributed by atoms with Crippen LogP contribution >= 0.6 is 11.6 Å². The van der Waals surface area contributed by atoms with E-state index in [1.807, 2.05) is 6.07 Å². The summed E-state index contributed by atoms with van der Waals surface area (Å²) in [5.74, 6) is -1.28. The summed E-state index contributed by atoms with van der Waals surface area (Å²) in [6, 6.07) is 12.5. The van der Waals surface area contributed by atoms with Gasteiger partial charge in [-0.2, -0.15) is 0 Å². The number of nitro benzene ring substituents is 1. The zero-order valence-electron chi connectivity index (χ0n) is 21.6. The number of hydrogen-bond donors (Lipinski definition) is 0. The summed E-state index contributed by atoms with van der Waals surface area (Å²) >= 11 is 5.88. The molecule has 1 fully saturated rings. The lowest BCUT2D eigenvalue weighted by Gasteiger charge is -2.40. The summed E-state index contributed by atoms with van der Waals surface area (Å²) < 4.78 is 5.26. The van der Waals surface area contributed by atoms with Crippen molar-refractivity contribution in [2.45, 2.75) is 26.8 Å². The molecule has 2 heterocycles. The Morgan fingerprint density at radius 2 is 1.82 bits per heavy atom. The molecule has 1 aliphatic heterocycles. The summed E-state index contributed by atoms with van der Waals surface area (Å²) in [5, 5.41) is 11.2. The van der Waals surface area contributed by atoms with Gasteiger partial charge in [-0.15, -0.1) is 0 Å². The Hall–Kier alpha value is -4.38. The van der Waals surface area contributed by atoms with Crippen molar-refractivity contribution in [1.82, 2.24) is 19.8 Å². The van der Waals surface area contributed by atoms with Crippen LogP contribution in [0.5, 0.6) is 0 Å². The van der Waals surface area contributed by atoms with E-state index in [1.54, 1.807) is 49.9 Å². The zero-order chi connectivity index (χ0) is 28.3. The fourth-order valence-corrected chi connectivity index (χ4v) is 4.66. The van der Waals surface area contributed by atoms with E-state index in [2.05, 4.69) is 9.97 Å². The van der Waals surface area contributed by atoms with Crippen LogP contribution in [0.4, 0.5) is 5.69 Å². The molecule has 0 bridgehead atoms. The smallest absolute Gasteiger partial charge is 0.342 e. The Balaban J connectivity index is 1.62. The molecule has 3 aromatic rings. The highest BCUT2D eigenvalue weighted by atomic mass is 35.5. The molecule has 1 saturated heterocycles. The van der Waals surface area contributed by atoms with Gasteiger partial charge < -0.3 is 14.5 Å². The monoisotopic (exact) mass is 551 g/mol. The second kappa shape index (κ2) is 11.6. The quantitative estimate of drug-likeness (QED) is 0.253. The normalized spacial score (nSPS) is 15.1. The van der Waals surface area contributed by atoms with Gasteiger partial charge in [0.25, 0.3) is 17.5 Å². The number of nitrogens with zero attached hydrogens (tertiary/aromatic N) is 5. The summed E-state index contributed by atoms with van der Waals surface area (Å²) in [5.41, 5.74) is 0.625. The van der Waals surface area contributed by atoms with Gasteiger partial charge >= 0.3 is 5.97 Å². The predicted molar refractivity (Wildman–Crippen MR) is 143 cm³/mol. The van der Waals surface area contributed by atoms with E-state index in [1.165, 1.54) is 17.0 Å². The molecule has 1 aromatic heterocycles. The lowest BCUT2D eigenvalue weighted by molar-refractivity contribution is -0.384. The van der Waals surface area contributed by atoms with Crippen LogP contribution in [0.2, 0.25) is 5.02 Å². The first-order chi connectivity index (χ1) is 18.6. The maximum absolute atomic E-state index is 13.7. The van der Waals surface area contributed by atoms with Crippen LogP contribution in [-0.4, -0.2) is 74.8 Å². The predicted octanol–water partition coefficient (Wildman–Crippen LogP) is 4.18. The maximum Gasteiger partial charge on any atom is 0.342 e. The molecule has 2 amide bonds. The van der Waals surface area contributed by atoms with E-state index in [9.17, 15) is 24.5 Å². The van der Waals surface area contributed by atoms with Crippen molar-refractivity contribution in [2.24, 2.45) is 0 Å². The SMILES string of the molecule is CCOC(=O)c1c(C(=O)N2CCN(C(=O)c3ccc(Cl)c([N+](=O)[O-])c3)C(C)C2)nc(C)nc1-c1ccccc1. The minimum absolute atomic E-state index is 0.0155. The van der Waals surface area contributed by atoms with Gasteiger partial charge in [-0.05, 0) is 32.9 Å². The summed E-state index contributed by atoms with van der Waals surface area (Å²) in [7, 11) is 0. The number of nitro groups is 1. The third-order valence-corrected chi connectivity index (χ3v) is 6.64. The number of benzene rings is 2. The van der Waals surface area contributed by atoms with Crippen LogP contribution in [0.25, 0.3) is 11.3 Å². The number of carbonyl (C=O) groups is 3. The topological polar surface area (TPSA) is 136 Å². The lowest BCUT2D eigenvalue weighted by atomic mass is 10.0. The number of halogens is 1. The van der Waals surface area contributed by atoms with Crippen molar-refractivity contribution < 1.29 is 24.0 Å². The van der Waals surface area contributed by atoms with E-state index in [-0.39, 0.29) is 53.8 Å². The van der Waals surface area contributed by atoms with E-state index in [0.717, 1.165) is 6.07 Å². The molecule has 1 atom stereocenters. The van der Waals surface area contributed by atoms with Gasteiger partial charge in [0, 0.05) is 42.9 Å². The van der Waals surface area contributed by atoms with E-state index < -0.39 is 28.7 Å². The number of piperazine rings is 1. The highest BCUT2D eigenvalue weighted by molar-refractivity contribution is 6.32. The average molecular weight is 552 g/mol. The second-order valence-electron chi connectivity index (χ2n) is 8.95. The number of aromatic nitrogens is 2. The fraction of sp³-hybridized carbons (Fsp3) is 0.296. The van der Waals surface area contributed by atoms with E-state index in [4.69, 9.17) is 16.3 Å². The van der Waals surface area contributed by atoms with E-state index in [0.29, 0.717) is 17.1 Å². The molecule has 0 saturated carbocycles. The van der Waals surface area contributed by atoms with Crippen molar-refractivity contribution in [2.75, 3.05) is 26.2 Å². The molecule has 1 unspecified atom stereocenters. The first-order valence-corrected chi connectivity index (χ1v) is 12.7. The number of ether oxygens (including phenoxy) is 1. The molecular weight excluding hydrogens is 526 g/mol. The Morgan fingerprint density at radius 1 is 1.10 bits per heavy atom. The molecule has 1 aliphatic rings. The molecule has 0 aliphatic carbocycles. The molecule has 39 heavy (non-hydrogen) atoms. The Kier molecular flexibility index (Phi) is 8.20. The molecule has 0 spiro atoms.